The largest absolute Gasteiger partial charge is 0.341 e. The Morgan fingerprint density at radius 2 is 1.53 bits per heavy atom. The van der Waals surface area contributed by atoms with Crippen molar-refractivity contribution in [3.05, 3.63) is 65.7 Å². The second-order valence-corrected chi connectivity index (χ2v) is 10.6. The number of piperidine rings is 2. The molecular formula is C29H36N4O3. The average molecular weight is 489 g/mol. The van der Waals surface area contributed by atoms with Crippen LogP contribution in [0.1, 0.15) is 48.5 Å². The van der Waals surface area contributed by atoms with Crippen LogP contribution in [0.15, 0.2) is 54.6 Å². The highest BCUT2D eigenvalue weighted by Gasteiger charge is 2.54. The van der Waals surface area contributed by atoms with Gasteiger partial charge in [-0.2, -0.15) is 0 Å². The first-order chi connectivity index (χ1) is 17.4. The average Bonchev–Trinajstić information content (AvgIpc) is 3.16. The molecule has 5 rings (SSSR count). The zero-order valence-corrected chi connectivity index (χ0v) is 21.4. The predicted octanol–water partition coefficient (Wildman–Crippen LogP) is 3.53. The molecule has 0 aromatic heterocycles. The maximum absolute atomic E-state index is 13.9. The highest BCUT2D eigenvalue weighted by molar-refractivity contribution is 5.98. The van der Waals surface area contributed by atoms with Crippen LogP contribution in [-0.2, 0) is 9.59 Å². The summed E-state index contributed by atoms with van der Waals surface area (Å²) in [7, 11) is 0. The maximum Gasteiger partial charge on any atom is 0.254 e. The van der Waals surface area contributed by atoms with Gasteiger partial charge in [-0.25, -0.2) is 0 Å². The first kappa shape index (κ1) is 24.3. The highest BCUT2D eigenvalue weighted by Crippen LogP contribution is 2.40. The molecule has 2 aromatic carbocycles. The summed E-state index contributed by atoms with van der Waals surface area (Å²) in [4.78, 5) is 48.0. The zero-order valence-electron chi connectivity index (χ0n) is 21.4. The van der Waals surface area contributed by atoms with Crippen molar-refractivity contribution >= 4 is 23.4 Å². The van der Waals surface area contributed by atoms with E-state index in [2.05, 4.69) is 11.8 Å². The summed E-state index contributed by atoms with van der Waals surface area (Å²) in [6.45, 7) is 7.24. The van der Waals surface area contributed by atoms with E-state index in [1.54, 1.807) is 4.90 Å². The molecule has 0 N–H and O–H groups in total. The van der Waals surface area contributed by atoms with Gasteiger partial charge < -0.3 is 19.6 Å². The molecule has 0 radical (unpaired) electrons. The van der Waals surface area contributed by atoms with E-state index in [0.717, 1.165) is 37.2 Å². The van der Waals surface area contributed by atoms with Crippen LogP contribution in [0.4, 0.5) is 5.69 Å². The molecule has 0 saturated carbocycles. The van der Waals surface area contributed by atoms with Gasteiger partial charge >= 0.3 is 0 Å². The first-order valence-corrected chi connectivity index (χ1v) is 13.1. The number of carbonyl (C=O) groups excluding carboxylic acids is 3. The number of hydrogen-bond donors (Lipinski definition) is 0. The third-order valence-electron chi connectivity index (χ3n) is 8.30. The molecule has 0 bridgehead atoms. The number of para-hydroxylation sites is 1. The topological polar surface area (TPSA) is 64.2 Å². The van der Waals surface area contributed by atoms with Crippen LogP contribution >= 0.6 is 0 Å². The number of aryl methyl sites for hydroxylation is 1. The van der Waals surface area contributed by atoms with Gasteiger partial charge in [-0.05, 0) is 62.3 Å². The summed E-state index contributed by atoms with van der Waals surface area (Å²) < 4.78 is 0. The Hall–Kier alpha value is -3.35. The number of rotatable bonds is 4. The van der Waals surface area contributed by atoms with Crippen molar-refractivity contribution < 1.29 is 14.4 Å². The van der Waals surface area contributed by atoms with Crippen LogP contribution in [0.25, 0.3) is 0 Å². The second-order valence-electron chi connectivity index (χ2n) is 10.6. The van der Waals surface area contributed by atoms with Crippen LogP contribution in [-0.4, -0.2) is 77.4 Å². The molecular weight excluding hydrogens is 452 g/mol. The third-order valence-corrected chi connectivity index (χ3v) is 8.30. The number of carbonyl (C=O) groups is 3. The summed E-state index contributed by atoms with van der Waals surface area (Å²) in [6, 6.07) is 17.6. The molecule has 3 aliphatic heterocycles. The van der Waals surface area contributed by atoms with Gasteiger partial charge in [-0.3, -0.25) is 14.4 Å². The molecule has 3 amide bonds. The van der Waals surface area contributed by atoms with E-state index in [4.69, 9.17) is 0 Å². The SMILES string of the molecule is Cc1ccccc1C(=O)N1CCC2(CC1)C(=O)N(CC(=O)N1CCC(C)CC1)CN2c1ccccc1. The van der Waals surface area contributed by atoms with Gasteiger partial charge in [0.05, 0.1) is 6.67 Å². The van der Waals surface area contributed by atoms with Crippen molar-refractivity contribution in [1.82, 2.24) is 14.7 Å². The number of benzene rings is 2. The van der Waals surface area contributed by atoms with Gasteiger partial charge in [0.2, 0.25) is 5.91 Å². The number of anilines is 1. The molecule has 190 valence electrons. The van der Waals surface area contributed by atoms with Crippen LogP contribution < -0.4 is 4.90 Å². The number of hydrogen-bond acceptors (Lipinski definition) is 4. The van der Waals surface area contributed by atoms with Gasteiger partial charge in [0.15, 0.2) is 0 Å². The third kappa shape index (κ3) is 4.47. The lowest BCUT2D eigenvalue weighted by atomic mass is 9.85. The van der Waals surface area contributed by atoms with Crippen LogP contribution in [0.5, 0.6) is 0 Å². The van der Waals surface area contributed by atoms with E-state index in [9.17, 15) is 14.4 Å². The second kappa shape index (κ2) is 9.96. The molecule has 7 nitrogen and oxygen atoms in total. The van der Waals surface area contributed by atoms with Crippen LogP contribution in [0.3, 0.4) is 0 Å². The van der Waals surface area contributed by atoms with E-state index >= 15 is 0 Å². The zero-order chi connectivity index (χ0) is 25.3. The molecule has 0 atom stereocenters. The fraction of sp³-hybridized carbons (Fsp3) is 0.483. The van der Waals surface area contributed by atoms with Crippen LogP contribution in [0, 0.1) is 12.8 Å². The lowest BCUT2D eigenvalue weighted by Gasteiger charge is -2.43. The summed E-state index contributed by atoms with van der Waals surface area (Å²) >= 11 is 0. The van der Waals surface area contributed by atoms with Crippen molar-refractivity contribution in [3.63, 3.8) is 0 Å². The predicted molar refractivity (Wildman–Crippen MR) is 140 cm³/mol. The molecule has 3 heterocycles. The smallest absolute Gasteiger partial charge is 0.254 e. The lowest BCUT2D eigenvalue weighted by Crippen LogP contribution is -2.57. The highest BCUT2D eigenvalue weighted by atomic mass is 16.2. The summed E-state index contributed by atoms with van der Waals surface area (Å²) in [5.74, 6) is 0.707. The van der Waals surface area contributed by atoms with Gasteiger partial charge in [-0.1, -0.05) is 43.3 Å². The van der Waals surface area contributed by atoms with Crippen molar-refractivity contribution in [2.45, 2.75) is 45.1 Å². The molecule has 2 aromatic rings. The van der Waals surface area contributed by atoms with E-state index in [1.165, 1.54) is 0 Å². The standard InChI is InChI=1S/C29H36N4O3/c1-22-12-16-30(17-13-22)26(34)20-32-21-33(24-9-4-3-5-10-24)29(28(32)36)14-18-31(19-15-29)27(35)25-11-7-6-8-23(25)2/h3-11,22H,12-21H2,1-2H3. The summed E-state index contributed by atoms with van der Waals surface area (Å²) in [5.41, 5.74) is 1.92. The maximum atomic E-state index is 13.9. The Morgan fingerprint density at radius 1 is 0.889 bits per heavy atom. The Labute approximate surface area is 213 Å². The monoisotopic (exact) mass is 488 g/mol. The molecule has 3 saturated heterocycles. The molecule has 36 heavy (non-hydrogen) atoms. The number of likely N-dealkylation sites (tertiary alicyclic amines) is 2. The minimum Gasteiger partial charge on any atom is -0.341 e. The minimum atomic E-state index is -0.736. The van der Waals surface area contributed by atoms with E-state index in [1.807, 2.05) is 71.3 Å². The Bertz CT molecular complexity index is 1120. The molecule has 0 aliphatic carbocycles. The van der Waals surface area contributed by atoms with Crippen molar-refractivity contribution in [2.24, 2.45) is 5.92 Å². The van der Waals surface area contributed by atoms with Crippen molar-refractivity contribution in [2.75, 3.05) is 44.3 Å². The van der Waals surface area contributed by atoms with E-state index in [-0.39, 0.29) is 24.3 Å². The van der Waals surface area contributed by atoms with Gasteiger partial charge in [-0.15, -0.1) is 0 Å². The van der Waals surface area contributed by atoms with Gasteiger partial charge in [0, 0.05) is 37.4 Å². The molecule has 7 heteroatoms. The number of nitrogens with zero attached hydrogens (tertiary/aromatic N) is 4. The van der Waals surface area contributed by atoms with Crippen LogP contribution in [0.2, 0.25) is 0 Å². The molecule has 3 aliphatic rings. The number of amides is 3. The normalized spacial score (nSPS) is 20.3. The first-order valence-electron chi connectivity index (χ1n) is 13.1. The quantitative estimate of drug-likeness (QED) is 0.661. The fourth-order valence-corrected chi connectivity index (χ4v) is 5.91. The van der Waals surface area contributed by atoms with Crippen molar-refractivity contribution in [1.29, 1.82) is 0 Å². The van der Waals surface area contributed by atoms with Crippen molar-refractivity contribution in [3.8, 4) is 0 Å². The molecule has 0 unspecified atom stereocenters. The summed E-state index contributed by atoms with van der Waals surface area (Å²) in [5, 5.41) is 0. The fourth-order valence-electron chi connectivity index (χ4n) is 5.91. The molecule has 1 spiro atoms. The Balaban J connectivity index is 1.34. The van der Waals surface area contributed by atoms with E-state index in [0.29, 0.717) is 44.1 Å². The summed E-state index contributed by atoms with van der Waals surface area (Å²) in [6.07, 6.45) is 3.13. The minimum absolute atomic E-state index is 0.00747. The van der Waals surface area contributed by atoms with Gasteiger partial charge in [0.1, 0.15) is 12.1 Å². The Morgan fingerprint density at radius 3 is 2.19 bits per heavy atom. The Kier molecular flexibility index (Phi) is 6.73. The lowest BCUT2D eigenvalue weighted by molar-refractivity contribution is -0.141. The van der Waals surface area contributed by atoms with E-state index < -0.39 is 5.54 Å². The van der Waals surface area contributed by atoms with Gasteiger partial charge in [0.25, 0.3) is 11.8 Å². The molecule has 3 fully saturated rings.